The Bertz CT molecular complexity index is 527. The lowest BCUT2D eigenvalue weighted by Crippen LogP contribution is -2.21. The summed E-state index contributed by atoms with van der Waals surface area (Å²) >= 11 is 0. The molecule has 1 aromatic carbocycles. The summed E-state index contributed by atoms with van der Waals surface area (Å²) in [5.41, 5.74) is 1.90. The normalized spacial score (nSPS) is 9.90. The molecule has 0 saturated carbocycles. The highest BCUT2D eigenvalue weighted by molar-refractivity contribution is 5.94. The van der Waals surface area contributed by atoms with Gasteiger partial charge in [0.1, 0.15) is 13.2 Å². The number of carboxylic acids is 1. The Labute approximate surface area is 115 Å². The van der Waals surface area contributed by atoms with Crippen LogP contribution in [-0.4, -0.2) is 36.1 Å². The van der Waals surface area contributed by atoms with Crippen LogP contribution in [0.5, 0.6) is 0 Å². The number of aryl methyl sites for hydroxylation is 1. The van der Waals surface area contributed by atoms with Crippen molar-refractivity contribution in [1.29, 1.82) is 0 Å². The zero-order chi connectivity index (χ0) is 15.1. The summed E-state index contributed by atoms with van der Waals surface area (Å²) in [5, 5.41) is 13.6. The molecular weight excluding hydrogens is 264 g/mol. The van der Waals surface area contributed by atoms with Crippen LogP contribution in [0, 0.1) is 6.92 Å². The third-order valence-corrected chi connectivity index (χ3v) is 2.29. The quantitative estimate of drug-likeness (QED) is 0.720. The standard InChI is InChI=1S/C13H16N2O5/c1-8-3-4-10(14-9(2)16)5-11(8)15-12(17)6-20-7-13(18)19/h3-5H,6-7H2,1-2H3,(H,14,16)(H,15,17)(H,18,19). The van der Waals surface area contributed by atoms with Crippen LogP contribution in [0.15, 0.2) is 18.2 Å². The van der Waals surface area contributed by atoms with Gasteiger partial charge >= 0.3 is 5.97 Å². The van der Waals surface area contributed by atoms with E-state index in [0.29, 0.717) is 11.4 Å². The molecule has 0 radical (unpaired) electrons. The molecule has 0 bridgehead atoms. The lowest BCUT2D eigenvalue weighted by Gasteiger charge is -2.11. The smallest absolute Gasteiger partial charge is 0.329 e. The van der Waals surface area contributed by atoms with Crippen molar-refractivity contribution in [2.45, 2.75) is 13.8 Å². The van der Waals surface area contributed by atoms with Gasteiger partial charge in [0.25, 0.3) is 0 Å². The van der Waals surface area contributed by atoms with Gasteiger partial charge in [0, 0.05) is 18.3 Å². The fourth-order valence-electron chi connectivity index (χ4n) is 1.46. The number of anilines is 2. The van der Waals surface area contributed by atoms with E-state index >= 15 is 0 Å². The number of benzene rings is 1. The first-order valence-electron chi connectivity index (χ1n) is 5.86. The second-order valence-corrected chi connectivity index (χ2v) is 4.15. The highest BCUT2D eigenvalue weighted by Gasteiger charge is 2.07. The first kappa shape index (κ1) is 15.6. The molecule has 7 nitrogen and oxygen atoms in total. The Hall–Kier alpha value is -2.41. The van der Waals surface area contributed by atoms with Crippen LogP contribution in [0.2, 0.25) is 0 Å². The predicted octanol–water partition coefficient (Wildman–Crippen LogP) is 0.993. The molecule has 0 aliphatic heterocycles. The van der Waals surface area contributed by atoms with E-state index in [0.717, 1.165) is 5.56 Å². The van der Waals surface area contributed by atoms with E-state index in [4.69, 9.17) is 5.11 Å². The molecule has 1 rings (SSSR count). The van der Waals surface area contributed by atoms with E-state index in [1.165, 1.54) is 6.92 Å². The number of carbonyl (C=O) groups excluding carboxylic acids is 2. The highest BCUT2D eigenvalue weighted by Crippen LogP contribution is 2.20. The summed E-state index contributed by atoms with van der Waals surface area (Å²) in [4.78, 5) is 32.8. The summed E-state index contributed by atoms with van der Waals surface area (Å²) in [5.74, 6) is -1.81. The highest BCUT2D eigenvalue weighted by atomic mass is 16.5. The van der Waals surface area contributed by atoms with Crippen molar-refractivity contribution in [3.63, 3.8) is 0 Å². The van der Waals surface area contributed by atoms with Gasteiger partial charge < -0.3 is 20.5 Å². The van der Waals surface area contributed by atoms with Crippen LogP contribution in [0.25, 0.3) is 0 Å². The predicted molar refractivity (Wildman–Crippen MR) is 72.6 cm³/mol. The first-order valence-corrected chi connectivity index (χ1v) is 5.86. The summed E-state index contributed by atoms with van der Waals surface area (Å²) in [6, 6.07) is 5.08. The van der Waals surface area contributed by atoms with Gasteiger partial charge in [0.05, 0.1) is 0 Å². The number of hydrogen-bond donors (Lipinski definition) is 3. The maximum atomic E-state index is 11.6. The zero-order valence-corrected chi connectivity index (χ0v) is 11.2. The molecule has 108 valence electrons. The lowest BCUT2D eigenvalue weighted by molar-refractivity contribution is -0.143. The summed E-state index contributed by atoms with van der Waals surface area (Å²) < 4.78 is 4.68. The van der Waals surface area contributed by atoms with Crippen molar-refractivity contribution >= 4 is 29.2 Å². The molecule has 0 aliphatic rings. The molecule has 2 amide bonds. The first-order chi connectivity index (χ1) is 9.38. The molecule has 0 spiro atoms. The minimum absolute atomic E-state index is 0.212. The van der Waals surface area contributed by atoms with Crippen LogP contribution in [0.3, 0.4) is 0 Å². The number of rotatable bonds is 6. The minimum atomic E-state index is -1.14. The van der Waals surface area contributed by atoms with Crippen LogP contribution in [0.4, 0.5) is 11.4 Å². The van der Waals surface area contributed by atoms with Gasteiger partial charge in [-0.3, -0.25) is 9.59 Å². The van der Waals surface area contributed by atoms with Crippen molar-refractivity contribution in [3.8, 4) is 0 Å². The molecule has 0 heterocycles. The van der Waals surface area contributed by atoms with Gasteiger partial charge in [-0.05, 0) is 24.6 Å². The molecular formula is C13H16N2O5. The van der Waals surface area contributed by atoms with Gasteiger partial charge in [0.2, 0.25) is 11.8 Å². The number of hydrogen-bond acceptors (Lipinski definition) is 4. The largest absolute Gasteiger partial charge is 0.480 e. The SMILES string of the molecule is CC(=O)Nc1ccc(C)c(NC(=O)COCC(=O)O)c1. The number of carbonyl (C=O) groups is 3. The number of ether oxygens (including phenoxy) is 1. The average molecular weight is 280 g/mol. The van der Waals surface area contributed by atoms with Gasteiger partial charge in [0.15, 0.2) is 0 Å². The van der Waals surface area contributed by atoms with Crippen LogP contribution >= 0.6 is 0 Å². The third kappa shape index (κ3) is 5.49. The molecule has 0 aliphatic carbocycles. The fraction of sp³-hybridized carbons (Fsp3) is 0.308. The molecule has 7 heteroatoms. The Morgan fingerprint density at radius 3 is 2.50 bits per heavy atom. The molecule has 0 aromatic heterocycles. The molecule has 0 saturated heterocycles. The van der Waals surface area contributed by atoms with Crippen molar-refractivity contribution < 1.29 is 24.2 Å². The van der Waals surface area contributed by atoms with Crippen LogP contribution in [0.1, 0.15) is 12.5 Å². The zero-order valence-electron chi connectivity index (χ0n) is 11.2. The molecule has 3 N–H and O–H groups in total. The Kier molecular flexibility index (Phi) is 5.67. The van der Waals surface area contributed by atoms with E-state index < -0.39 is 18.5 Å². The van der Waals surface area contributed by atoms with Crippen molar-refractivity contribution in [1.82, 2.24) is 0 Å². The van der Waals surface area contributed by atoms with E-state index in [-0.39, 0.29) is 12.5 Å². The second-order valence-electron chi connectivity index (χ2n) is 4.15. The summed E-state index contributed by atoms with van der Waals surface area (Å²) in [6.07, 6.45) is 0. The molecule has 20 heavy (non-hydrogen) atoms. The van der Waals surface area contributed by atoms with E-state index in [1.807, 2.05) is 0 Å². The molecule has 0 atom stereocenters. The monoisotopic (exact) mass is 280 g/mol. The maximum Gasteiger partial charge on any atom is 0.329 e. The van der Waals surface area contributed by atoms with Crippen LogP contribution < -0.4 is 10.6 Å². The van der Waals surface area contributed by atoms with E-state index in [9.17, 15) is 14.4 Å². The number of aliphatic carboxylic acids is 1. The van der Waals surface area contributed by atoms with Crippen molar-refractivity contribution in [2.24, 2.45) is 0 Å². The summed E-state index contributed by atoms with van der Waals surface area (Å²) in [7, 11) is 0. The Balaban J connectivity index is 2.63. The third-order valence-electron chi connectivity index (χ3n) is 2.29. The molecule has 1 aromatic rings. The van der Waals surface area contributed by atoms with Crippen molar-refractivity contribution in [3.05, 3.63) is 23.8 Å². The van der Waals surface area contributed by atoms with Gasteiger partial charge in [-0.2, -0.15) is 0 Å². The number of amides is 2. The van der Waals surface area contributed by atoms with E-state index in [1.54, 1.807) is 25.1 Å². The minimum Gasteiger partial charge on any atom is -0.480 e. The number of nitrogens with one attached hydrogen (secondary N) is 2. The Morgan fingerprint density at radius 2 is 1.90 bits per heavy atom. The molecule has 0 unspecified atom stereocenters. The maximum absolute atomic E-state index is 11.6. The summed E-state index contributed by atoms with van der Waals surface area (Å²) in [6.45, 7) is 2.30. The lowest BCUT2D eigenvalue weighted by atomic mass is 10.1. The Morgan fingerprint density at radius 1 is 1.20 bits per heavy atom. The van der Waals surface area contributed by atoms with Crippen molar-refractivity contribution in [2.75, 3.05) is 23.8 Å². The molecule has 0 fully saturated rings. The fourth-order valence-corrected chi connectivity index (χ4v) is 1.46. The topological polar surface area (TPSA) is 105 Å². The second kappa shape index (κ2) is 7.25. The van der Waals surface area contributed by atoms with Gasteiger partial charge in [-0.15, -0.1) is 0 Å². The van der Waals surface area contributed by atoms with Gasteiger partial charge in [-0.25, -0.2) is 4.79 Å². The van der Waals surface area contributed by atoms with E-state index in [2.05, 4.69) is 15.4 Å². The van der Waals surface area contributed by atoms with Gasteiger partial charge in [-0.1, -0.05) is 6.07 Å². The number of carboxylic acid groups (broad SMARTS) is 1. The van der Waals surface area contributed by atoms with Crippen LogP contribution in [-0.2, 0) is 19.1 Å². The average Bonchev–Trinajstić information content (AvgIpc) is 2.32.